The maximum absolute atomic E-state index is 13.1. The topological polar surface area (TPSA) is 49.3 Å². The zero-order valence-corrected chi connectivity index (χ0v) is 13.0. The number of aliphatic hydroxyl groups is 1. The lowest BCUT2D eigenvalue weighted by Gasteiger charge is -2.40. The number of terminal acetylenes is 1. The highest BCUT2D eigenvalue weighted by Crippen LogP contribution is 2.44. The van der Waals surface area contributed by atoms with Gasteiger partial charge in [0.05, 0.1) is 12.1 Å². The normalized spacial score (nSPS) is 25.8. The minimum absolute atomic E-state index is 0.0723. The number of aliphatic hydroxyl groups excluding tert-OH is 1. The minimum Gasteiger partial charge on any atom is -0.390 e. The molecular weight excluding hydrogens is 281 g/mol. The molecule has 1 aliphatic heterocycles. The Morgan fingerprint density at radius 3 is 2.64 bits per heavy atom. The summed E-state index contributed by atoms with van der Waals surface area (Å²) in [4.78, 5) is 12.0. The van der Waals surface area contributed by atoms with Gasteiger partial charge in [-0.2, -0.15) is 0 Å². The van der Waals surface area contributed by atoms with Gasteiger partial charge in [0.25, 0.3) is 0 Å². The Morgan fingerprint density at radius 2 is 2.09 bits per heavy atom. The van der Waals surface area contributed by atoms with Crippen molar-refractivity contribution >= 4 is 5.91 Å². The molecule has 1 aliphatic rings. The van der Waals surface area contributed by atoms with E-state index in [4.69, 9.17) is 6.42 Å². The number of halogens is 1. The van der Waals surface area contributed by atoms with Crippen LogP contribution in [0, 0.1) is 29.5 Å². The highest BCUT2D eigenvalue weighted by atomic mass is 19.1. The summed E-state index contributed by atoms with van der Waals surface area (Å²) >= 11 is 0. The predicted molar refractivity (Wildman–Crippen MR) is 83.4 cm³/mol. The third kappa shape index (κ3) is 3.15. The Morgan fingerprint density at radius 1 is 1.45 bits per heavy atom. The number of hydrogen-bond acceptors (Lipinski definition) is 2. The van der Waals surface area contributed by atoms with E-state index in [-0.39, 0.29) is 30.1 Å². The first kappa shape index (κ1) is 16.5. The van der Waals surface area contributed by atoms with E-state index in [0.29, 0.717) is 12.8 Å². The molecule has 1 amide bonds. The van der Waals surface area contributed by atoms with Gasteiger partial charge in [0.1, 0.15) is 5.82 Å². The molecule has 0 aliphatic carbocycles. The minimum atomic E-state index is -0.778. The third-order valence-corrected chi connectivity index (χ3v) is 4.73. The van der Waals surface area contributed by atoms with Crippen LogP contribution in [0.4, 0.5) is 4.39 Å². The van der Waals surface area contributed by atoms with Crippen molar-refractivity contribution in [1.82, 2.24) is 5.32 Å². The molecule has 0 radical (unpaired) electrons. The second-order valence-electron chi connectivity index (χ2n) is 6.39. The Kier molecular flexibility index (Phi) is 4.87. The second-order valence-corrected chi connectivity index (χ2v) is 6.39. The van der Waals surface area contributed by atoms with Crippen LogP contribution in [-0.4, -0.2) is 23.2 Å². The SMILES string of the molecule is C#CCC(O)[C@H]1NC(=O)C[C@]1(Cc1ccc(F)cc1)C(C)C. The van der Waals surface area contributed by atoms with Gasteiger partial charge in [-0.1, -0.05) is 26.0 Å². The van der Waals surface area contributed by atoms with E-state index in [1.165, 1.54) is 12.1 Å². The van der Waals surface area contributed by atoms with Crippen LogP contribution >= 0.6 is 0 Å². The molecule has 22 heavy (non-hydrogen) atoms. The van der Waals surface area contributed by atoms with Gasteiger partial charge < -0.3 is 10.4 Å². The van der Waals surface area contributed by atoms with Crippen molar-refractivity contribution in [3.8, 4) is 12.3 Å². The zero-order chi connectivity index (χ0) is 16.3. The van der Waals surface area contributed by atoms with E-state index >= 15 is 0 Å². The maximum Gasteiger partial charge on any atom is 0.220 e. The van der Waals surface area contributed by atoms with Crippen LogP contribution in [0.1, 0.15) is 32.3 Å². The molecule has 0 spiro atoms. The van der Waals surface area contributed by atoms with Crippen LogP contribution in [0.15, 0.2) is 24.3 Å². The van der Waals surface area contributed by atoms with Crippen molar-refractivity contribution in [2.24, 2.45) is 11.3 Å². The van der Waals surface area contributed by atoms with Crippen LogP contribution in [0.5, 0.6) is 0 Å². The number of benzene rings is 1. The third-order valence-electron chi connectivity index (χ3n) is 4.73. The average molecular weight is 303 g/mol. The lowest BCUT2D eigenvalue weighted by atomic mass is 9.66. The van der Waals surface area contributed by atoms with Crippen LogP contribution < -0.4 is 5.32 Å². The molecule has 3 nitrogen and oxygen atoms in total. The molecule has 0 aromatic heterocycles. The van der Waals surface area contributed by atoms with Crippen LogP contribution in [0.3, 0.4) is 0 Å². The summed E-state index contributed by atoms with van der Waals surface area (Å²) in [7, 11) is 0. The Labute approximate surface area is 130 Å². The quantitative estimate of drug-likeness (QED) is 0.820. The van der Waals surface area contributed by atoms with Crippen LogP contribution in [0.2, 0.25) is 0 Å². The fourth-order valence-corrected chi connectivity index (χ4v) is 3.42. The molecule has 0 saturated carbocycles. The maximum atomic E-state index is 13.1. The van der Waals surface area contributed by atoms with Crippen LogP contribution in [-0.2, 0) is 11.2 Å². The van der Waals surface area contributed by atoms with E-state index in [2.05, 4.69) is 11.2 Å². The summed E-state index contributed by atoms with van der Waals surface area (Å²) in [6, 6.07) is 5.90. The van der Waals surface area contributed by atoms with Crippen molar-refractivity contribution < 1.29 is 14.3 Å². The second kappa shape index (κ2) is 6.50. The molecule has 3 atom stereocenters. The zero-order valence-electron chi connectivity index (χ0n) is 13.0. The first-order chi connectivity index (χ1) is 10.4. The van der Waals surface area contributed by atoms with Gasteiger partial charge in [0.2, 0.25) is 5.91 Å². The Balaban J connectivity index is 2.34. The van der Waals surface area contributed by atoms with Gasteiger partial charge in [-0.25, -0.2) is 4.39 Å². The molecule has 0 bridgehead atoms. The molecule has 1 aromatic carbocycles. The number of carbonyl (C=O) groups excluding carboxylic acids is 1. The van der Waals surface area contributed by atoms with Gasteiger partial charge in [-0.15, -0.1) is 12.3 Å². The first-order valence-corrected chi connectivity index (χ1v) is 7.54. The van der Waals surface area contributed by atoms with E-state index < -0.39 is 11.5 Å². The van der Waals surface area contributed by atoms with Gasteiger partial charge in [0, 0.05) is 18.3 Å². The largest absolute Gasteiger partial charge is 0.390 e. The van der Waals surface area contributed by atoms with Gasteiger partial charge in [-0.05, 0) is 30.0 Å². The molecular formula is C18H22FNO2. The lowest BCUT2D eigenvalue weighted by molar-refractivity contribution is -0.120. The number of hydrogen-bond donors (Lipinski definition) is 2. The van der Waals surface area contributed by atoms with Gasteiger partial charge >= 0.3 is 0 Å². The van der Waals surface area contributed by atoms with Gasteiger partial charge in [0.15, 0.2) is 0 Å². The summed E-state index contributed by atoms with van der Waals surface area (Å²) in [6.07, 6.45) is 5.65. The smallest absolute Gasteiger partial charge is 0.220 e. The molecule has 1 heterocycles. The predicted octanol–water partition coefficient (Wildman–Crippen LogP) is 2.28. The highest BCUT2D eigenvalue weighted by molar-refractivity contribution is 5.80. The molecule has 118 valence electrons. The number of nitrogens with one attached hydrogen (secondary N) is 1. The summed E-state index contributed by atoms with van der Waals surface area (Å²) in [5.41, 5.74) is 0.523. The summed E-state index contributed by atoms with van der Waals surface area (Å²) in [6.45, 7) is 4.08. The van der Waals surface area contributed by atoms with Crippen molar-refractivity contribution in [1.29, 1.82) is 0 Å². The standard InChI is InChI=1S/C18H22FNO2/c1-4-5-15(21)17-18(12(2)3,11-16(22)20-17)10-13-6-8-14(19)9-7-13/h1,6-9,12,15,17,21H,5,10-11H2,2-3H3,(H,20,22)/t15?,17-,18-/m1/s1. The highest BCUT2D eigenvalue weighted by Gasteiger charge is 2.51. The van der Waals surface area contributed by atoms with E-state index in [0.717, 1.165) is 5.56 Å². The number of rotatable bonds is 5. The Hall–Kier alpha value is -1.86. The fraction of sp³-hybridized carbons (Fsp3) is 0.500. The van der Waals surface area contributed by atoms with Crippen molar-refractivity contribution in [3.63, 3.8) is 0 Å². The molecule has 4 heteroatoms. The van der Waals surface area contributed by atoms with Gasteiger partial charge in [-0.3, -0.25) is 4.79 Å². The Bertz CT molecular complexity index is 576. The van der Waals surface area contributed by atoms with Crippen molar-refractivity contribution in [3.05, 3.63) is 35.6 Å². The van der Waals surface area contributed by atoms with Crippen LogP contribution in [0.25, 0.3) is 0 Å². The summed E-state index contributed by atoms with van der Waals surface area (Å²) in [5, 5.41) is 13.2. The fourth-order valence-electron chi connectivity index (χ4n) is 3.42. The monoisotopic (exact) mass is 303 g/mol. The van der Waals surface area contributed by atoms with Crippen molar-refractivity contribution in [2.75, 3.05) is 0 Å². The average Bonchev–Trinajstić information content (AvgIpc) is 2.80. The first-order valence-electron chi connectivity index (χ1n) is 7.54. The van der Waals surface area contributed by atoms with E-state index in [1.807, 2.05) is 13.8 Å². The molecule has 1 fully saturated rings. The molecule has 2 rings (SSSR count). The molecule has 1 unspecified atom stereocenters. The number of carbonyl (C=O) groups is 1. The van der Waals surface area contributed by atoms with Crippen molar-refractivity contribution in [2.45, 2.75) is 45.3 Å². The summed E-state index contributed by atoms with van der Waals surface area (Å²) in [5.74, 6) is 2.26. The lowest BCUT2D eigenvalue weighted by Crippen LogP contribution is -2.49. The van der Waals surface area contributed by atoms with E-state index in [1.54, 1.807) is 12.1 Å². The van der Waals surface area contributed by atoms with E-state index in [9.17, 15) is 14.3 Å². The molecule has 2 N–H and O–H groups in total. The number of amides is 1. The molecule has 1 saturated heterocycles. The summed E-state index contributed by atoms with van der Waals surface area (Å²) < 4.78 is 13.1. The molecule has 1 aromatic rings.